The van der Waals surface area contributed by atoms with Crippen LogP contribution in [-0.2, 0) is 6.42 Å². The van der Waals surface area contributed by atoms with Crippen LogP contribution in [0, 0.1) is 11.8 Å². The SMILES string of the molecule is c1ccc(CC2CCNC2C2CCCCC2)cc1. The first kappa shape index (κ1) is 12.2. The van der Waals surface area contributed by atoms with E-state index in [4.69, 9.17) is 0 Å². The molecule has 98 valence electrons. The van der Waals surface area contributed by atoms with Crippen molar-refractivity contribution in [3.8, 4) is 0 Å². The van der Waals surface area contributed by atoms with Crippen LogP contribution in [0.25, 0.3) is 0 Å². The van der Waals surface area contributed by atoms with Gasteiger partial charge >= 0.3 is 0 Å². The Morgan fingerprint density at radius 1 is 0.944 bits per heavy atom. The molecule has 0 spiro atoms. The standard InChI is InChI=1S/C17H25N/c1-3-7-14(8-4-1)13-16-11-12-18-17(16)15-9-5-2-6-10-15/h1,3-4,7-8,15-18H,2,5-6,9-13H2. The second kappa shape index (κ2) is 5.88. The van der Waals surface area contributed by atoms with Crippen molar-refractivity contribution in [1.82, 2.24) is 5.32 Å². The van der Waals surface area contributed by atoms with Crippen LogP contribution in [0.4, 0.5) is 0 Å². The predicted molar refractivity (Wildman–Crippen MR) is 76.6 cm³/mol. The normalized spacial score (nSPS) is 29.6. The molecule has 0 bridgehead atoms. The molecule has 2 fully saturated rings. The summed E-state index contributed by atoms with van der Waals surface area (Å²) in [6.07, 6.45) is 9.95. The monoisotopic (exact) mass is 243 g/mol. The zero-order valence-corrected chi connectivity index (χ0v) is 11.3. The minimum Gasteiger partial charge on any atom is -0.313 e. The lowest BCUT2D eigenvalue weighted by molar-refractivity contribution is 0.245. The highest BCUT2D eigenvalue weighted by Gasteiger charge is 2.33. The first-order valence-corrected chi connectivity index (χ1v) is 7.71. The summed E-state index contributed by atoms with van der Waals surface area (Å²) < 4.78 is 0. The van der Waals surface area contributed by atoms with Gasteiger partial charge in [-0.3, -0.25) is 0 Å². The van der Waals surface area contributed by atoms with Crippen LogP contribution in [0.1, 0.15) is 44.1 Å². The van der Waals surface area contributed by atoms with E-state index in [-0.39, 0.29) is 0 Å². The molecule has 1 aromatic rings. The maximum absolute atomic E-state index is 3.80. The summed E-state index contributed by atoms with van der Waals surface area (Å²) in [5.74, 6) is 1.82. The lowest BCUT2D eigenvalue weighted by Crippen LogP contribution is -2.37. The largest absolute Gasteiger partial charge is 0.313 e. The quantitative estimate of drug-likeness (QED) is 0.851. The Balaban J connectivity index is 1.63. The van der Waals surface area contributed by atoms with E-state index in [1.165, 1.54) is 57.1 Å². The predicted octanol–water partition coefficient (Wildman–Crippen LogP) is 3.79. The van der Waals surface area contributed by atoms with Crippen molar-refractivity contribution in [2.75, 3.05) is 6.54 Å². The molecular formula is C17H25N. The third-order valence-electron chi connectivity index (χ3n) is 4.90. The fraction of sp³-hybridized carbons (Fsp3) is 0.647. The van der Waals surface area contributed by atoms with E-state index in [0.29, 0.717) is 0 Å². The summed E-state index contributed by atoms with van der Waals surface area (Å²) in [4.78, 5) is 0. The first-order valence-electron chi connectivity index (χ1n) is 7.71. The van der Waals surface area contributed by atoms with Crippen molar-refractivity contribution in [2.45, 2.75) is 51.0 Å². The Morgan fingerprint density at radius 2 is 1.72 bits per heavy atom. The molecule has 2 aliphatic rings. The van der Waals surface area contributed by atoms with Crippen LogP contribution in [-0.4, -0.2) is 12.6 Å². The van der Waals surface area contributed by atoms with Crippen LogP contribution in [0.2, 0.25) is 0 Å². The van der Waals surface area contributed by atoms with E-state index in [9.17, 15) is 0 Å². The van der Waals surface area contributed by atoms with Gasteiger partial charge in [0.1, 0.15) is 0 Å². The Hall–Kier alpha value is -0.820. The Morgan fingerprint density at radius 3 is 2.50 bits per heavy atom. The summed E-state index contributed by atoms with van der Waals surface area (Å²) >= 11 is 0. The van der Waals surface area contributed by atoms with Crippen molar-refractivity contribution in [3.05, 3.63) is 35.9 Å². The molecule has 1 heteroatoms. The van der Waals surface area contributed by atoms with Crippen LogP contribution in [0.15, 0.2) is 30.3 Å². The van der Waals surface area contributed by atoms with E-state index >= 15 is 0 Å². The van der Waals surface area contributed by atoms with E-state index in [0.717, 1.165) is 17.9 Å². The fourth-order valence-electron chi connectivity index (χ4n) is 3.97. The maximum atomic E-state index is 3.80. The average Bonchev–Trinajstić information content (AvgIpc) is 2.89. The highest BCUT2D eigenvalue weighted by Crippen LogP contribution is 2.34. The number of hydrogen-bond donors (Lipinski definition) is 1. The van der Waals surface area contributed by atoms with Gasteiger partial charge in [0.25, 0.3) is 0 Å². The molecule has 0 aromatic heterocycles. The molecule has 0 amide bonds. The number of nitrogens with one attached hydrogen (secondary N) is 1. The Bertz CT molecular complexity index is 353. The van der Waals surface area contributed by atoms with E-state index in [1.54, 1.807) is 0 Å². The number of hydrogen-bond acceptors (Lipinski definition) is 1. The van der Waals surface area contributed by atoms with Gasteiger partial charge in [0.05, 0.1) is 0 Å². The van der Waals surface area contributed by atoms with Gasteiger partial charge < -0.3 is 5.32 Å². The molecule has 1 aliphatic heterocycles. The molecule has 1 N–H and O–H groups in total. The second-order valence-corrected chi connectivity index (χ2v) is 6.12. The molecule has 1 saturated heterocycles. The fourth-order valence-corrected chi connectivity index (χ4v) is 3.97. The molecule has 0 radical (unpaired) electrons. The Kier molecular flexibility index (Phi) is 3.99. The Labute approximate surface area is 111 Å². The summed E-state index contributed by atoms with van der Waals surface area (Å²) in [5.41, 5.74) is 1.52. The van der Waals surface area contributed by atoms with Crippen LogP contribution in [0.3, 0.4) is 0 Å². The zero-order chi connectivity index (χ0) is 12.2. The highest BCUT2D eigenvalue weighted by atomic mass is 15.0. The minimum absolute atomic E-state index is 0.797. The molecule has 1 aliphatic carbocycles. The third kappa shape index (κ3) is 2.77. The minimum atomic E-state index is 0.797. The summed E-state index contributed by atoms with van der Waals surface area (Å²) in [6.45, 7) is 1.23. The van der Waals surface area contributed by atoms with Crippen molar-refractivity contribution in [2.24, 2.45) is 11.8 Å². The molecule has 2 unspecified atom stereocenters. The molecule has 18 heavy (non-hydrogen) atoms. The van der Waals surface area contributed by atoms with Crippen LogP contribution < -0.4 is 5.32 Å². The molecule has 1 heterocycles. The highest BCUT2D eigenvalue weighted by molar-refractivity contribution is 5.16. The van der Waals surface area contributed by atoms with Gasteiger partial charge in [-0.05, 0) is 49.6 Å². The molecule has 1 saturated carbocycles. The van der Waals surface area contributed by atoms with Gasteiger partial charge in [-0.1, -0.05) is 49.6 Å². The summed E-state index contributed by atoms with van der Waals surface area (Å²) in [7, 11) is 0. The van der Waals surface area contributed by atoms with Crippen LogP contribution >= 0.6 is 0 Å². The molecule has 1 nitrogen and oxygen atoms in total. The number of benzene rings is 1. The zero-order valence-electron chi connectivity index (χ0n) is 11.3. The van der Waals surface area contributed by atoms with Gasteiger partial charge in [-0.2, -0.15) is 0 Å². The summed E-state index contributed by atoms with van der Waals surface area (Å²) in [5, 5.41) is 3.80. The lowest BCUT2D eigenvalue weighted by atomic mass is 9.78. The summed E-state index contributed by atoms with van der Waals surface area (Å²) in [6, 6.07) is 11.8. The van der Waals surface area contributed by atoms with Crippen molar-refractivity contribution in [3.63, 3.8) is 0 Å². The topological polar surface area (TPSA) is 12.0 Å². The van der Waals surface area contributed by atoms with Gasteiger partial charge in [-0.25, -0.2) is 0 Å². The van der Waals surface area contributed by atoms with Crippen molar-refractivity contribution < 1.29 is 0 Å². The number of rotatable bonds is 3. The lowest BCUT2D eigenvalue weighted by Gasteiger charge is -2.31. The molecule has 2 atom stereocenters. The van der Waals surface area contributed by atoms with Gasteiger partial charge in [-0.15, -0.1) is 0 Å². The maximum Gasteiger partial charge on any atom is 0.0127 e. The van der Waals surface area contributed by atoms with E-state index in [1.807, 2.05) is 0 Å². The smallest absolute Gasteiger partial charge is 0.0127 e. The van der Waals surface area contributed by atoms with Crippen molar-refractivity contribution >= 4 is 0 Å². The van der Waals surface area contributed by atoms with Gasteiger partial charge in [0.15, 0.2) is 0 Å². The molecule has 3 rings (SSSR count). The third-order valence-corrected chi connectivity index (χ3v) is 4.90. The molecule has 1 aromatic carbocycles. The van der Waals surface area contributed by atoms with Gasteiger partial charge in [0, 0.05) is 6.04 Å². The van der Waals surface area contributed by atoms with Crippen LogP contribution in [0.5, 0.6) is 0 Å². The van der Waals surface area contributed by atoms with E-state index < -0.39 is 0 Å². The van der Waals surface area contributed by atoms with Crippen molar-refractivity contribution in [1.29, 1.82) is 0 Å². The first-order chi connectivity index (χ1) is 8.93. The average molecular weight is 243 g/mol. The van der Waals surface area contributed by atoms with E-state index in [2.05, 4.69) is 35.6 Å². The molecular weight excluding hydrogens is 218 g/mol. The second-order valence-electron chi connectivity index (χ2n) is 6.12. The van der Waals surface area contributed by atoms with Gasteiger partial charge in [0.2, 0.25) is 0 Å².